The van der Waals surface area contributed by atoms with Crippen LogP contribution in [-0.2, 0) is 13.3 Å². The van der Waals surface area contributed by atoms with Crippen LogP contribution in [0, 0.1) is 0 Å². The van der Waals surface area contributed by atoms with E-state index < -0.39 is 16.9 Å². The molecule has 0 atom stereocenters. The first kappa shape index (κ1) is 15.3. The molecule has 0 saturated carbocycles. The maximum Gasteiger partial charge on any atom is 0.334 e. The SMILES string of the molecule is CO[Si](C)(CCCCO[Si](C)(C)C)OC. The highest BCUT2D eigenvalue weighted by atomic mass is 28.4. The summed E-state index contributed by atoms with van der Waals surface area (Å²) in [7, 11) is 0.330. The fourth-order valence-electron chi connectivity index (χ4n) is 1.21. The fraction of sp³-hybridized carbons (Fsp3) is 1.00. The Morgan fingerprint density at radius 3 is 1.80 bits per heavy atom. The zero-order valence-electron chi connectivity index (χ0n) is 11.1. The Hall–Kier alpha value is 0.314. The Morgan fingerprint density at radius 1 is 0.867 bits per heavy atom. The second-order valence-electron chi connectivity index (χ2n) is 4.96. The Labute approximate surface area is 96.5 Å². The molecule has 92 valence electrons. The normalized spacial score (nSPS) is 13.2. The summed E-state index contributed by atoms with van der Waals surface area (Å²) in [6, 6.07) is 1.05. The first-order valence-electron chi connectivity index (χ1n) is 5.57. The van der Waals surface area contributed by atoms with E-state index in [9.17, 15) is 0 Å². The molecule has 0 aliphatic rings. The van der Waals surface area contributed by atoms with Gasteiger partial charge in [0.2, 0.25) is 0 Å². The zero-order chi connectivity index (χ0) is 11.9. The lowest BCUT2D eigenvalue weighted by atomic mass is 10.4. The number of hydrogen-bond acceptors (Lipinski definition) is 3. The lowest BCUT2D eigenvalue weighted by Crippen LogP contribution is -2.35. The van der Waals surface area contributed by atoms with Gasteiger partial charge in [-0.05, 0) is 45.1 Å². The van der Waals surface area contributed by atoms with Crippen LogP contribution in [0.15, 0.2) is 0 Å². The van der Waals surface area contributed by atoms with Gasteiger partial charge in [0.05, 0.1) is 0 Å². The van der Waals surface area contributed by atoms with Gasteiger partial charge < -0.3 is 13.3 Å². The van der Waals surface area contributed by atoms with E-state index in [2.05, 4.69) is 26.2 Å². The molecule has 0 aromatic heterocycles. The van der Waals surface area contributed by atoms with Gasteiger partial charge >= 0.3 is 8.56 Å². The van der Waals surface area contributed by atoms with Gasteiger partial charge in [-0.15, -0.1) is 0 Å². The van der Waals surface area contributed by atoms with Gasteiger partial charge in [-0.25, -0.2) is 0 Å². The molecule has 0 amide bonds. The van der Waals surface area contributed by atoms with E-state index in [1.807, 2.05) is 0 Å². The average Bonchev–Trinajstić information content (AvgIpc) is 2.15. The summed E-state index contributed by atoms with van der Waals surface area (Å²) in [6.45, 7) is 9.64. The molecule has 0 aliphatic carbocycles. The minimum absolute atomic E-state index is 0.883. The summed E-state index contributed by atoms with van der Waals surface area (Å²) >= 11 is 0. The molecule has 0 spiro atoms. The molecular weight excluding hydrogens is 224 g/mol. The van der Waals surface area contributed by atoms with Gasteiger partial charge in [-0.2, -0.15) is 0 Å². The molecule has 0 aromatic rings. The number of hydrogen-bond donors (Lipinski definition) is 0. The van der Waals surface area contributed by atoms with Crippen molar-refractivity contribution in [3.05, 3.63) is 0 Å². The van der Waals surface area contributed by atoms with Crippen molar-refractivity contribution in [1.82, 2.24) is 0 Å². The number of rotatable bonds is 8. The molecule has 15 heavy (non-hydrogen) atoms. The molecular formula is C10H26O3Si2. The van der Waals surface area contributed by atoms with Gasteiger partial charge in [0.25, 0.3) is 0 Å². The van der Waals surface area contributed by atoms with Crippen molar-refractivity contribution >= 4 is 16.9 Å². The van der Waals surface area contributed by atoms with Crippen LogP contribution in [-0.4, -0.2) is 37.7 Å². The van der Waals surface area contributed by atoms with Crippen molar-refractivity contribution in [2.24, 2.45) is 0 Å². The molecule has 3 nitrogen and oxygen atoms in total. The quantitative estimate of drug-likeness (QED) is 0.490. The number of unbranched alkanes of at least 4 members (excludes halogenated alkanes) is 1. The molecule has 0 heterocycles. The first-order valence-corrected chi connectivity index (χ1v) is 11.5. The van der Waals surface area contributed by atoms with E-state index in [1.165, 1.54) is 0 Å². The largest absolute Gasteiger partial charge is 0.418 e. The predicted molar refractivity (Wildman–Crippen MR) is 69.0 cm³/mol. The third-order valence-corrected chi connectivity index (χ3v) is 6.48. The van der Waals surface area contributed by atoms with Gasteiger partial charge in [-0.1, -0.05) is 0 Å². The summed E-state index contributed by atoms with van der Waals surface area (Å²) < 4.78 is 16.6. The van der Waals surface area contributed by atoms with E-state index >= 15 is 0 Å². The second kappa shape index (κ2) is 6.80. The van der Waals surface area contributed by atoms with Crippen molar-refractivity contribution in [2.75, 3.05) is 20.8 Å². The molecule has 0 N–H and O–H groups in total. The summed E-state index contributed by atoms with van der Waals surface area (Å²) in [5, 5.41) is 0. The summed E-state index contributed by atoms with van der Waals surface area (Å²) in [5.41, 5.74) is 0. The van der Waals surface area contributed by atoms with Crippen LogP contribution >= 0.6 is 0 Å². The van der Waals surface area contributed by atoms with Crippen molar-refractivity contribution in [2.45, 2.75) is 45.1 Å². The van der Waals surface area contributed by atoms with Gasteiger partial charge in [-0.3, -0.25) is 0 Å². The van der Waals surface area contributed by atoms with Crippen molar-refractivity contribution in [3.63, 3.8) is 0 Å². The third-order valence-electron chi connectivity index (χ3n) is 2.42. The molecule has 0 fully saturated rings. The first-order chi connectivity index (χ1) is 6.83. The van der Waals surface area contributed by atoms with Gasteiger partial charge in [0, 0.05) is 20.8 Å². The second-order valence-corrected chi connectivity index (χ2v) is 13.1. The van der Waals surface area contributed by atoms with Crippen LogP contribution in [0.1, 0.15) is 12.8 Å². The van der Waals surface area contributed by atoms with Crippen molar-refractivity contribution in [1.29, 1.82) is 0 Å². The van der Waals surface area contributed by atoms with Gasteiger partial charge in [0.1, 0.15) is 0 Å². The topological polar surface area (TPSA) is 27.7 Å². The maximum atomic E-state index is 5.78. The molecule has 0 radical (unpaired) electrons. The van der Waals surface area contributed by atoms with Crippen LogP contribution in [0.25, 0.3) is 0 Å². The van der Waals surface area contributed by atoms with E-state index in [1.54, 1.807) is 14.2 Å². The van der Waals surface area contributed by atoms with E-state index in [0.717, 1.165) is 25.5 Å². The molecule has 0 aromatic carbocycles. The maximum absolute atomic E-state index is 5.78. The Balaban J connectivity index is 3.54. The van der Waals surface area contributed by atoms with Crippen LogP contribution in [0.2, 0.25) is 32.2 Å². The van der Waals surface area contributed by atoms with Crippen LogP contribution < -0.4 is 0 Å². The zero-order valence-corrected chi connectivity index (χ0v) is 13.1. The Kier molecular flexibility index (Phi) is 6.94. The highest BCUT2D eigenvalue weighted by molar-refractivity contribution is 6.69. The van der Waals surface area contributed by atoms with E-state index in [4.69, 9.17) is 13.3 Å². The van der Waals surface area contributed by atoms with Crippen LogP contribution in [0.3, 0.4) is 0 Å². The molecule has 5 heteroatoms. The highest BCUT2D eigenvalue weighted by Crippen LogP contribution is 2.15. The minimum atomic E-state index is -1.84. The van der Waals surface area contributed by atoms with Crippen molar-refractivity contribution in [3.8, 4) is 0 Å². The fourth-order valence-corrected chi connectivity index (χ4v) is 3.44. The monoisotopic (exact) mass is 250 g/mol. The summed E-state index contributed by atoms with van der Waals surface area (Å²) in [6.07, 6.45) is 2.24. The van der Waals surface area contributed by atoms with Gasteiger partial charge in [0.15, 0.2) is 8.32 Å². The van der Waals surface area contributed by atoms with E-state index in [-0.39, 0.29) is 0 Å². The Morgan fingerprint density at radius 2 is 1.40 bits per heavy atom. The standard InChI is InChI=1S/C10H26O3Si2/c1-11-15(6,12-2)10-8-7-9-13-14(3,4)5/h7-10H2,1-6H3. The minimum Gasteiger partial charge on any atom is -0.418 e. The van der Waals surface area contributed by atoms with Crippen LogP contribution in [0.4, 0.5) is 0 Å². The molecule has 0 unspecified atom stereocenters. The lowest BCUT2D eigenvalue weighted by molar-refractivity contribution is 0.245. The van der Waals surface area contributed by atoms with Crippen molar-refractivity contribution < 1.29 is 13.3 Å². The molecule has 0 aliphatic heterocycles. The highest BCUT2D eigenvalue weighted by Gasteiger charge is 2.27. The molecule has 0 bridgehead atoms. The predicted octanol–water partition coefficient (Wildman–Crippen LogP) is 2.98. The summed E-state index contributed by atoms with van der Waals surface area (Å²) in [4.78, 5) is 0. The Bertz CT molecular complexity index is 165. The third kappa shape index (κ3) is 8.16. The lowest BCUT2D eigenvalue weighted by Gasteiger charge is -2.23. The average molecular weight is 250 g/mol. The van der Waals surface area contributed by atoms with Crippen LogP contribution in [0.5, 0.6) is 0 Å². The molecule has 0 saturated heterocycles. The molecule has 0 rings (SSSR count). The van der Waals surface area contributed by atoms with E-state index in [0.29, 0.717) is 0 Å². The summed E-state index contributed by atoms with van der Waals surface area (Å²) in [5.74, 6) is 0. The smallest absolute Gasteiger partial charge is 0.334 e.